The van der Waals surface area contributed by atoms with Gasteiger partial charge >= 0.3 is 6.03 Å². The standard InChI is InChI=1S/C19H16N4O4/c1-12-14(6-4-8-16(12)23(26)27)11-22-17(24)19(2,21-18(22)25)15-7-3-5-13(9-15)10-20/h3-9H,11H2,1-2H3,(H,21,25). The van der Waals surface area contributed by atoms with Gasteiger partial charge in [0.2, 0.25) is 0 Å². The molecule has 0 saturated carbocycles. The highest BCUT2D eigenvalue weighted by molar-refractivity contribution is 6.07. The van der Waals surface area contributed by atoms with Gasteiger partial charge in [0.05, 0.1) is 23.1 Å². The fraction of sp³-hybridized carbons (Fsp3) is 0.211. The molecule has 0 radical (unpaired) electrons. The van der Waals surface area contributed by atoms with Crippen LogP contribution in [0.25, 0.3) is 0 Å². The molecule has 1 unspecified atom stereocenters. The highest BCUT2D eigenvalue weighted by Gasteiger charge is 2.49. The SMILES string of the molecule is Cc1c(CN2C(=O)NC(C)(c3cccc(C#N)c3)C2=O)cccc1[N+](=O)[O-]. The lowest BCUT2D eigenvalue weighted by molar-refractivity contribution is -0.385. The van der Waals surface area contributed by atoms with Gasteiger partial charge in [-0.25, -0.2) is 4.79 Å². The summed E-state index contributed by atoms with van der Waals surface area (Å²) in [5.41, 5.74) is 0.426. The van der Waals surface area contributed by atoms with E-state index < -0.39 is 22.4 Å². The van der Waals surface area contributed by atoms with Crippen LogP contribution in [-0.2, 0) is 16.9 Å². The van der Waals surface area contributed by atoms with E-state index in [0.29, 0.717) is 22.3 Å². The molecule has 8 nitrogen and oxygen atoms in total. The first-order valence-corrected chi connectivity index (χ1v) is 8.15. The van der Waals surface area contributed by atoms with Gasteiger partial charge in [-0.05, 0) is 37.1 Å². The summed E-state index contributed by atoms with van der Waals surface area (Å²) < 4.78 is 0. The van der Waals surface area contributed by atoms with Crippen LogP contribution >= 0.6 is 0 Å². The van der Waals surface area contributed by atoms with Crippen molar-refractivity contribution < 1.29 is 14.5 Å². The topological polar surface area (TPSA) is 116 Å². The smallest absolute Gasteiger partial charge is 0.319 e. The summed E-state index contributed by atoms with van der Waals surface area (Å²) in [6, 6.07) is 12.4. The number of imide groups is 1. The number of nitrogens with one attached hydrogen (secondary N) is 1. The summed E-state index contributed by atoms with van der Waals surface area (Å²) in [7, 11) is 0. The number of hydrogen-bond acceptors (Lipinski definition) is 5. The minimum Gasteiger partial charge on any atom is -0.319 e. The predicted molar refractivity (Wildman–Crippen MR) is 95.4 cm³/mol. The lowest BCUT2D eigenvalue weighted by atomic mass is 9.91. The van der Waals surface area contributed by atoms with E-state index in [1.165, 1.54) is 12.1 Å². The molecule has 27 heavy (non-hydrogen) atoms. The first-order valence-electron chi connectivity index (χ1n) is 8.15. The maximum Gasteiger partial charge on any atom is 0.325 e. The third-order valence-electron chi connectivity index (χ3n) is 4.79. The lowest BCUT2D eigenvalue weighted by Gasteiger charge is -2.22. The number of hydrogen-bond donors (Lipinski definition) is 1. The number of carbonyl (C=O) groups is 2. The van der Waals surface area contributed by atoms with Crippen molar-refractivity contribution in [3.63, 3.8) is 0 Å². The number of nitriles is 1. The van der Waals surface area contributed by atoms with E-state index in [1.54, 1.807) is 44.2 Å². The van der Waals surface area contributed by atoms with E-state index in [-0.39, 0.29) is 12.2 Å². The van der Waals surface area contributed by atoms with Crippen LogP contribution in [0.3, 0.4) is 0 Å². The van der Waals surface area contributed by atoms with Crippen molar-refractivity contribution in [3.8, 4) is 6.07 Å². The van der Waals surface area contributed by atoms with Crippen LogP contribution in [0.5, 0.6) is 0 Å². The summed E-state index contributed by atoms with van der Waals surface area (Å²) in [4.78, 5) is 37.1. The number of nitro groups is 1. The molecule has 3 rings (SSSR count). The second-order valence-electron chi connectivity index (χ2n) is 6.46. The van der Waals surface area contributed by atoms with Gasteiger partial charge in [0.25, 0.3) is 11.6 Å². The molecule has 1 aliphatic heterocycles. The largest absolute Gasteiger partial charge is 0.325 e. The van der Waals surface area contributed by atoms with Gasteiger partial charge < -0.3 is 5.32 Å². The van der Waals surface area contributed by atoms with Gasteiger partial charge in [-0.1, -0.05) is 24.3 Å². The summed E-state index contributed by atoms with van der Waals surface area (Å²) in [5, 5.41) is 22.8. The Hall–Kier alpha value is -3.73. The number of rotatable bonds is 4. The van der Waals surface area contributed by atoms with Gasteiger partial charge in [-0.2, -0.15) is 5.26 Å². The summed E-state index contributed by atoms with van der Waals surface area (Å²) in [5.74, 6) is -0.478. The van der Waals surface area contributed by atoms with E-state index in [0.717, 1.165) is 4.90 Å². The Bertz CT molecular complexity index is 1010. The molecule has 136 valence electrons. The molecule has 0 aliphatic carbocycles. The normalized spacial score (nSPS) is 18.9. The monoisotopic (exact) mass is 364 g/mol. The molecular weight excluding hydrogens is 348 g/mol. The quantitative estimate of drug-likeness (QED) is 0.509. The van der Waals surface area contributed by atoms with Crippen molar-refractivity contribution in [1.29, 1.82) is 5.26 Å². The number of amides is 3. The molecule has 8 heteroatoms. The van der Waals surface area contributed by atoms with Crippen LogP contribution in [0.2, 0.25) is 0 Å². The van der Waals surface area contributed by atoms with E-state index in [4.69, 9.17) is 5.26 Å². The Morgan fingerprint density at radius 2 is 1.96 bits per heavy atom. The van der Waals surface area contributed by atoms with Crippen LogP contribution in [0.4, 0.5) is 10.5 Å². The third-order valence-corrected chi connectivity index (χ3v) is 4.79. The zero-order valence-electron chi connectivity index (χ0n) is 14.7. The number of nitrogens with zero attached hydrogens (tertiary/aromatic N) is 3. The maximum atomic E-state index is 13.0. The number of nitro benzene ring substituents is 1. The second-order valence-corrected chi connectivity index (χ2v) is 6.46. The van der Waals surface area contributed by atoms with Crippen molar-refractivity contribution in [2.24, 2.45) is 0 Å². The maximum absolute atomic E-state index is 13.0. The molecular formula is C19H16N4O4. The molecule has 1 saturated heterocycles. The van der Waals surface area contributed by atoms with E-state index >= 15 is 0 Å². The minimum atomic E-state index is -1.31. The lowest BCUT2D eigenvalue weighted by Crippen LogP contribution is -2.40. The molecule has 2 aromatic rings. The predicted octanol–water partition coefficient (Wildman–Crippen LogP) is 2.74. The fourth-order valence-electron chi connectivity index (χ4n) is 3.15. The van der Waals surface area contributed by atoms with E-state index in [2.05, 4.69) is 5.32 Å². The molecule has 0 aromatic heterocycles. The van der Waals surface area contributed by atoms with Crippen molar-refractivity contribution in [3.05, 3.63) is 74.8 Å². The van der Waals surface area contributed by atoms with E-state index in [1.807, 2.05) is 6.07 Å². The molecule has 3 amide bonds. The molecule has 1 aliphatic rings. The van der Waals surface area contributed by atoms with Crippen molar-refractivity contribution >= 4 is 17.6 Å². The van der Waals surface area contributed by atoms with Gasteiger partial charge in [0.1, 0.15) is 5.54 Å². The zero-order chi connectivity index (χ0) is 19.8. The third kappa shape index (κ3) is 3.00. The van der Waals surface area contributed by atoms with Gasteiger partial charge in [-0.15, -0.1) is 0 Å². The average molecular weight is 364 g/mol. The van der Waals surface area contributed by atoms with Crippen LogP contribution in [0, 0.1) is 28.4 Å². The Labute approximate surface area is 155 Å². The first kappa shape index (κ1) is 18.1. The molecule has 1 heterocycles. The van der Waals surface area contributed by atoms with Crippen LogP contribution in [0.15, 0.2) is 42.5 Å². The van der Waals surface area contributed by atoms with Crippen LogP contribution in [0.1, 0.15) is 29.2 Å². The number of carbonyl (C=O) groups excluding carboxylic acids is 2. The zero-order valence-corrected chi connectivity index (χ0v) is 14.7. The fourth-order valence-corrected chi connectivity index (χ4v) is 3.15. The summed E-state index contributed by atoms with van der Waals surface area (Å²) in [6.07, 6.45) is 0. The minimum absolute atomic E-state index is 0.0657. The highest BCUT2D eigenvalue weighted by atomic mass is 16.6. The molecule has 1 N–H and O–H groups in total. The first-order chi connectivity index (χ1) is 12.8. The molecule has 2 aromatic carbocycles. The Morgan fingerprint density at radius 1 is 1.26 bits per heavy atom. The Kier molecular flexibility index (Phi) is 4.37. The summed E-state index contributed by atoms with van der Waals surface area (Å²) in [6.45, 7) is 3.08. The number of benzene rings is 2. The van der Waals surface area contributed by atoms with Gasteiger partial charge in [0.15, 0.2) is 0 Å². The van der Waals surface area contributed by atoms with Gasteiger partial charge in [-0.3, -0.25) is 19.8 Å². The average Bonchev–Trinajstić information content (AvgIpc) is 2.87. The molecule has 0 bridgehead atoms. The van der Waals surface area contributed by atoms with E-state index in [9.17, 15) is 19.7 Å². The second kappa shape index (κ2) is 6.53. The highest BCUT2D eigenvalue weighted by Crippen LogP contribution is 2.31. The molecule has 0 spiro atoms. The number of urea groups is 1. The van der Waals surface area contributed by atoms with Crippen LogP contribution < -0.4 is 5.32 Å². The van der Waals surface area contributed by atoms with Crippen molar-refractivity contribution in [2.75, 3.05) is 0 Å². The van der Waals surface area contributed by atoms with Gasteiger partial charge in [0, 0.05) is 11.6 Å². The Morgan fingerprint density at radius 3 is 2.63 bits per heavy atom. The van der Waals surface area contributed by atoms with Crippen molar-refractivity contribution in [1.82, 2.24) is 10.2 Å². The summed E-state index contributed by atoms with van der Waals surface area (Å²) >= 11 is 0. The molecule has 1 atom stereocenters. The van der Waals surface area contributed by atoms with Crippen molar-refractivity contribution in [2.45, 2.75) is 25.9 Å². The Balaban J connectivity index is 1.94. The molecule has 1 fully saturated rings. The van der Waals surface area contributed by atoms with Crippen LogP contribution in [-0.4, -0.2) is 21.8 Å².